The zero-order valence-corrected chi connectivity index (χ0v) is 12.9. The number of nitrogens with two attached hydrogens (primary N) is 1. The first-order valence-corrected chi connectivity index (χ1v) is 7.16. The van der Waals surface area contributed by atoms with Crippen LogP contribution in [0.3, 0.4) is 0 Å². The summed E-state index contributed by atoms with van der Waals surface area (Å²) in [6, 6.07) is -0.316. The normalized spacial score (nSPS) is 33.5. The van der Waals surface area contributed by atoms with Gasteiger partial charge in [-0.1, -0.05) is 6.42 Å². The number of hydrogen-bond acceptors (Lipinski definition) is 4. The Labute approximate surface area is 126 Å². The van der Waals surface area contributed by atoms with Gasteiger partial charge in [-0.05, 0) is 44.4 Å². The van der Waals surface area contributed by atoms with Crippen molar-refractivity contribution in [2.75, 3.05) is 7.11 Å². The van der Waals surface area contributed by atoms with Gasteiger partial charge in [-0.15, -0.1) is 12.4 Å². The van der Waals surface area contributed by atoms with Gasteiger partial charge in [-0.3, -0.25) is 4.79 Å². The van der Waals surface area contributed by atoms with Crippen molar-refractivity contribution in [2.45, 2.75) is 51.1 Å². The molecule has 0 radical (unpaired) electrons. The van der Waals surface area contributed by atoms with E-state index in [-0.39, 0.29) is 30.3 Å². The Morgan fingerprint density at radius 3 is 2.30 bits per heavy atom. The highest BCUT2D eigenvalue weighted by Gasteiger charge is 2.40. The van der Waals surface area contributed by atoms with Crippen molar-refractivity contribution in [2.24, 2.45) is 23.5 Å². The number of hydrogen-bond donors (Lipinski definition) is 2. The van der Waals surface area contributed by atoms with Crippen LogP contribution in [0.1, 0.15) is 39.0 Å². The Hall–Kier alpha value is -0.810. The van der Waals surface area contributed by atoms with Gasteiger partial charge in [0.1, 0.15) is 6.04 Å². The van der Waals surface area contributed by atoms with Crippen LogP contribution >= 0.6 is 12.4 Å². The van der Waals surface area contributed by atoms with E-state index in [0.29, 0.717) is 11.8 Å². The van der Waals surface area contributed by atoms with Crippen molar-refractivity contribution in [3.63, 3.8) is 0 Å². The molecule has 2 unspecified atom stereocenters. The van der Waals surface area contributed by atoms with Gasteiger partial charge < -0.3 is 15.8 Å². The first-order chi connectivity index (χ1) is 9.02. The van der Waals surface area contributed by atoms with Crippen LogP contribution < -0.4 is 11.1 Å². The second-order valence-electron chi connectivity index (χ2n) is 5.95. The predicted octanol–water partition coefficient (Wildman–Crippen LogP) is 1.24. The van der Waals surface area contributed by atoms with Crippen molar-refractivity contribution in [1.29, 1.82) is 0 Å². The Balaban J connectivity index is 0.00000200. The van der Waals surface area contributed by atoms with E-state index in [1.807, 2.05) is 0 Å². The maximum absolute atomic E-state index is 12.2. The maximum atomic E-state index is 12.2. The highest BCUT2D eigenvalue weighted by Crippen LogP contribution is 2.41. The molecule has 6 heteroatoms. The average molecular weight is 305 g/mol. The number of fused-ring (bicyclic) bond motifs is 2. The molecule has 0 aromatic heterocycles. The van der Waals surface area contributed by atoms with Gasteiger partial charge in [0.25, 0.3) is 0 Å². The van der Waals surface area contributed by atoms with Gasteiger partial charge in [0.05, 0.1) is 7.11 Å². The number of rotatable bonds is 3. The molecule has 116 valence electrons. The smallest absolute Gasteiger partial charge is 0.328 e. The molecule has 2 aliphatic rings. The molecular formula is C14H25ClN2O3. The van der Waals surface area contributed by atoms with E-state index in [9.17, 15) is 9.59 Å². The molecule has 0 saturated heterocycles. The van der Waals surface area contributed by atoms with E-state index in [1.54, 1.807) is 6.92 Å². The van der Waals surface area contributed by atoms with Crippen molar-refractivity contribution < 1.29 is 14.3 Å². The minimum atomic E-state index is -0.576. The molecule has 1 amide bonds. The first-order valence-electron chi connectivity index (χ1n) is 7.16. The van der Waals surface area contributed by atoms with Crippen molar-refractivity contribution in [1.82, 2.24) is 5.32 Å². The van der Waals surface area contributed by atoms with E-state index in [2.05, 4.69) is 10.1 Å². The SMILES string of the molecule is COC(=O)[C@@H](C)NC(=O)C1CC2CCCC(C1)C2N.Cl. The number of amides is 1. The first kappa shape index (κ1) is 17.2. The summed E-state index contributed by atoms with van der Waals surface area (Å²) in [5.74, 6) is 0.512. The van der Waals surface area contributed by atoms with Gasteiger partial charge in [0.2, 0.25) is 5.91 Å². The lowest BCUT2D eigenvalue weighted by Crippen LogP contribution is -2.50. The summed E-state index contributed by atoms with van der Waals surface area (Å²) in [4.78, 5) is 23.5. The number of carbonyl (C=O) groups excluding carboxylic acids is 2. The predicted molar refractivity (Wildman–Crippen MR) is 78.4 cm³/mol. The van der Waals surface area contributed by atoms with E-state index >= 15 is 0 Å². The molecule has 0 aromatic carbocycles. The highest BCUT2D eigenvalue weighted by atomic mass is 35.5. The molecule has 20 heavy (non-hydrogen) atoms. The molecule has 0 aliphatic heterocycles. The number of methoxy groups -OCH3 is 1. The van der Waals surface area contributed by atoms with Crippen molar-refractivity contribution in [3.05, 3.63) is 0 Å². The molecule has 2 aliphatic carbocycles. The summed E-state index contributed by atoms with van der Waals surface area (Å²) < 4.78 is 4.62. The summed E-state index contributed by atoms with van der Waals surface area (Å²) in [5, 5.41) is 2.75. The lowest BCUT2D eigenvalue weighted by atomic mass is 9.65. The number of halogens is 1. The molecule has 2 saturated carbocycles. The van der Waals surface area contributed by atoms with Crippen LogP contribution in [0.25, 0.3) is 0 Å². The Morgan fingerprint density at radius 1 is 1.25 bits per heavy atom. The molecule has 2 bridgehead atoms. The van der Waals surface area contributed by atoms with Gasteiger partial charge in [0, 0.05) is 12.0 Å². The largest absolute Gasteiger partial charge is 0.467 e. The van der Waals surface area contributed by atoms with Gasteiger partial charge in [0.15, 0.2) is 0 Å². The molecule has 3 atom stereocenters. The van der Waals surface area contributed by atoms with Crippen molar-refractivity contribution in [3.8, 4) is 0 Å². The van der Waals surface area contributed by atoms with Crippen LogP contribution in [-0.2, 0) is 14.3 Å². The Kier molecular flexibility index (Phi) is 6.27. The molecule has 3 N–H and O–H groups in total. The fourth-order valence-electron chi connectivity index (χ4n) is 3.57. The summed E-state index contributed by atoms with van der Waals surface area (Å²) >= 11 is 0. The summed E-state index contributed by atoms with van der Waals surface area (Å²) in [5.41, 5.74) is 6.21. The fourth-order valence-corrected chi connectivity index (χ4v) is 3.57. The van der Waals surface area contributed by atoms with Gasteiger partial charge >= 0.3 is 5.97 Å². The summed E-state index contributed by atoms with van der Waals surface area (Å²) in [7, 11) is 1.33. The maximum Gasteiger partial charge on any atom is 0.328 e. The third kappa shape index (κ3) is 3.64. The number of nitrogens with one attached hydrogen (secondary N) is 1. The molecular weight excluding hydrogens is 280 g/mol. The monoisotopic (exact) mass is 304 g/mol. The van der Waals surface area contributed by atoms with E-state index in [1.165, 1.54) is 13.5 Å². The van der Waals surface area contributed by atoms with Crippen LogP contribution in [0.5, 0.6) is 0 Å². The van der Waals surface area contributed by atoms with E-state index in [0.717, 1.165) is 25.7 Å². The average Bonchev–Trinajstić information content (AvgIpc) is 2.37. The quantitative estimate of drug-likeness (QED) is 0.769. The molecule has 0 heterocycles. The third-order valence-corrected chi connectivity index (χ3v) is 4.70. The number of esters is 1. The molecule has 5 nitrogen and oxygen atoms in total. The van der Waals surface area contributed by atoms with Crippen molar-refractivity contribution >= 4 is 24.3 Å². The molecule has 0 spiro atoms. The van der Waals surface area contributed by atoms with E-state index < -0.39 is 12.0 Å². The molecule has 2 rings (SSSR count). The Bertz CT molecular complexity index is 350. The number of carbonyl (C=O) groups is 2. The third-order valence-electron chi connectivity index (χ3n) is 4.70. The lowest BCUT2D eigenvalue weighted by molar-refractivity contribution is -0.145. The lowest BCUT2D eigenvalue weighted by Gasteiger charge is -2.43. The highest BCUT2D eigenvalue weighted by molar-refractivity contribution is 5.85. The summed E-state index contributed by atoms with van der Waals surface area (Å²) in [6.45, 7) is 1.65. The van der Waals surface area contributed by atoms with Crippen LogP contribution in [0.2, 0.25) is 0 Å². The molecule has 2 fully saturated rings. The second kappa shape index (κ2) is 7.27. The van der Waals surface area contributed by atoms with Crippen LogP contribution in [0.15, 0.2) is 0 Å². The van der Waals surface area contributed by atoms with Gasteiger partial charge in [-0.2, -0.15) is 0 Å². The van der Waals surface area contributed by atoms with Crippen LogP contribution in [0.4, 0.5) is 0 Å². The standard InChI is InChI=1S/C14H24N2O3.ClH/c1-8(14(18)19-2)16-13(17)11-6-9-4-3-5-10(7-11)12(9)15;/h8-12H,3-7,15H2,1-2H3,(H,16,17);1H/t8-,9?,10?,11?,12?;/m1./s1. The zero-order chi connectivity index (χ0) is 14.0. The second-order valence-corrected chi connectivity index (χ2v) is 5.95. The topological polar surface area (TPSA) is 81.4 Å². The zero-order valence-electron chi connectivity index (χ0n) is 12.1. The van der Waals surface area contributed by atoms with Gasteiger partial charge in [-0.25, -0.2) is 4.79 Å². The Morgan fingerprint density at radius 2 is 1.80 bits per heavy atom. The van der Waals surface area contributed by atoms with E-state index in [4.69, 9.17) is 5.73 Å². The molecule has 0 aromatic rings. The number of ether oxygens (including phenoxy) is 1. The summed E-state index contributed by atoms with van der Waals surface area (Å²) in [6.07, 6.45) is 5.22. The van der Waals surface area contributed by atoms with Crippen LogP contribution in [-0.4, -0.2) is 31.1 Å². The minimum Gasteiger partial charge on any atom is -0.467 e. The van der Waals surface area contributed by atoms with Crippen LogP contribution in [0, 0.1) is 17.8 Å². The fraction of sp³-hybridized carbons (Fsp3) is 0.857. The minimum absolute atomic E-state index is 0.